The number of hydrogen-bond acceptors (Lipinski definition) is 7. The molecule has 0 unspecified atom stereocenters. The third-order valence-corrected chi connectivity index (χ3v) is 8.16. The van der Waals surface area contributed by atoms with Crippen molar-refractivity contribution in [2.75, 3.05) is 31.6 Å². The summed E-state index contributed by atoms with van der Waals surface area (Å²) in [4.78, 5) is 14.2. The van der Waals surface area contributed by atoms with Crippen molar-refractivity contribution in [2.24, 2.45) is 0 Å². The van der Waals surface area contributed by atoms with Gasteiger partial charge in [-0.15, -0.1) is 0 Å². The summed E-state index contributed by atoms with van der Waals surface area (Å²) < 4.78 is 17.9. The Balaban J connectivity index is 1.27. The Morgan fingerprint density at radius 2 is 1.69 bits per heavy atom. The van der Waals surface area contributed by atoms with E-state index in [0.717, 1.165) is 35.3 Å². The molecule has 0 radical (unpaired) electrons. The zero-order valence-electron chi connectivity index (χ0n) is 23.5. The zero-order chi connectivity index (χ0) is 29.5. The van der Waals surface area contributed by atoms with Crippen LogP contribution in [0.3, 0.4) is 0 Å². The van der Waals surface area contributed by atoms with Crippen LogP contribution in [0.2, 0.25) is 5.02 Å². The summed E-state index contributed by atoms with van der Waals surface area (Å²) in [6.45, 7) is 5.84. The minimum atomic E-state index is -0.870. The Hall–Kier alpha value is -3.24. The number of nitrogens with one attached hydrogen (secondary N) is 1. The fourth-order valence-corrected chi connectivity index (χ4v) is 5.61. The molecule has 2 saturated heterocycles. The molecule has 2 aliphatic rings. The van der Waals surface area contributed by atoms with Crippen molar-refractivity contribution >= 4 is 23.4 Å². The Labute approximate surface area is 251 Å². The highest BCUT2D eigenvalue weighted by Crippen LogP contribution is 2.39. The first-order valence-corrected chi connectivity index (χ1v) is 14.6. The molecule has 0 saturated carbocycles. The maximum Gasteiger partial charge on any atom is 0.411 e. The first-order chi connectivity index (χ1) is 20.3. The molecule has 8 nitrogen and oxygen atoms in total. The number of aliphatic hydroxyl groups excluding tert-OH is 1. The lowest BCUT2D eigenvalue weighted by Crippen LogP contribution is -2.46. The molecule has 5 rings (SSSR count). The van der Waals surface area contributed by atoms with Gasteiger partial charge in [0, 0.05) is 42.3 Å². The first kappa shape index (κ1) is 30.2. The highest BCUT2D eigenvalue weighted by Gasteiger charge is 2.37. The minimum absolute atomic E-state index is 0.0149. The molecule has 2 aliphatic heterocycles. The molecule has 0 spiro atoms. The number of anilines is 1. The minimum Gasteiger partial charge on any atom is -0.445 e. The second-order valence-corrected chi connectivity index (χ2v) is 11.3. The van der Waals surface area contributed by atoms with Crippen molar-refractivity contribution in [2.45, 2.75) is 50.0 Å². The van der Waals surface area contributed by atoms with E-state index >= 15 is 0 Å². The molecular formula is C33H37ClN2O6. The second kappa shape index (κ2) is 13.8. The van der Waals surface area contributed by atoms with E-state index in [2.05, 4.69) is 16.8 Å². The Morgan fingerprint density at radius 1 is 1.02 bits per heavy atom. The van der Waals surface area contributed by atoms with Crippen LogP contribution in [0.1, 0.15) is 53.9 Å². The average Bonchev–Trinajstić information content (AvgIpc) is 3.02. The monoisotopic (exact) mass is 592 g/mol. The van der Waals surface area contributed by atoms with E-state index < -0.39 is 18.0 Å². The highest BCUT2D eigenvalue weighted by molar-refractivity contribution is 6.30. The van der Waals surface area contributed by atoms with Gasteiger partial charge >= 0.3 is 6.09 Å². The van der Waals surface area contributed by atoms with Gasteiger partial charge in [0.25, 0.3) is 0 Å². The Kier molecular flexibility index (Phi) is 9.95. The Morgan fingerprint density at radius 3 is 2.33 bits per heavy atom. The third kappa shape index (κ3) is 7.58. The fraction of sp³-hybridized carbons (Fsp3) is 0.364. The van der Waals surface area contributed by atoms with Gasteiger partial charge in [-0.3, -0.25) is 5.32 Å². The van der Waals surface area contributed by atoms with Crippen LogP contribution in [0, 0.1) is 0 Å². The second-order valence-electron chi connectivity index (χ2n) is 10.8. The summed E-state index contributed by atoms with van der Waals surface area (Å²) in [6.07, 6.45) is 1.95. The molecule has 0 aromatic heterocycles. The van der Waals surface area contributed by atoms with Crippen molar-refractivity contribution < 1.29 is 29.2 Å². The van der Waals surface area contributed by atoms with E-state index in [4.69, 9.17) is 25.8 Å². The molecule has 9 heteroatoms. The molecule has 3 aromatic carbocycles. The zero-order valence-corrected chi connectivity index (χ0v) is 24.2. The normalized spacial score (nSPS) is 22.3. The number of likely N-dealkylation sites (tertiary alicyclic amines) is 1. The topological polar surface area (TPSA) is 100 Å². The van der Waals surface area contributed by atoms with Gasteiger partial charge in [-0.05, 0) is 53.8 Å². The summed E-state index contributed by atoms with van der Waals surface area (Å²) in [5.74, 6) is 0. The van der Waals surface area contributed by atoms with E-state index in [9.17, 15) is 15.0 Å². The average molecular weight is 593 g/mol. The number of carbonyl (C=O) groups is 1. The van der Waals surface area contributed by atoms with Crippen LogP contribution in [0.5, 0.6) is 0 Å². The van der Waals surface area contributed by atoms with Crippen molar-refractivity contribution in [3.63, 3.8) is 0 Å². The third-order valence-electron chi connectivity index (χ3n) is 7.90. The highest BCUT2D eigenvalue weighted by atomic mass is 35.5. The van der Waals surface area contributed by atoms with Crippen molar-refractivity contribution in [3.8, 4) is 0 Å². The lowest BCUT2D eigenvalue weighted by Gasteiger charge is -2.42. The van der Waals surface area contributed by atoms with Crippen LogP contribution in [0.4, 0.5) is 10.5 Å². The van der Waals surface area contributed by atoms with E-state index in [1.165, 1.54) is 6.08 Å². The number of rotatable bonds is 9. The lowest BCUT2D eigenvalue weighted by atomic mass is 9.84. The summed E-state index contributed by atoms with van der Waals surface area (Å²) in [7, 11) is 0. The summed E-state index contributed by atoms with van der Waals surface area (Å²) in [6, 6.07) is 22.6. The maximum atomic E-state index is 11.9. The van der Waals surface area contributed by atoms with Gasteiger partial charge in [-0.25, -0.2) is 4.79 Å². The van der Waals surface area contributed by atoms with Crippen LogP contribution >= 0.6 is 11.6 Å². The lowest BCUT2D eigenvalue weighted by molar-refractivity contribution is -0.253. The number of nitrogens with zero attached hydrogens (tertiary/aromatic N) is 1. The van der Waals surface area contributed by atoms with Crippen molar-refractivity contribution in [1.29, 1.82) is 0 Å². The van der Waals surface area contributed by atoms with E-state index in [-0.39, 0.29) is 25.4 Å². The molecule has 2 fully saturated rings. The SMILES string of the molecule is C=CCOC(=O)Nc1ccc([C@@H]2O[C@H](CN3CCC(O)(c4ccc(Cl)cc4)CC3)C[C@H](c3ccc(CO)cc3)O2)cc1. The summed E-state index contributed by atoms with van der Waals surface area (Å²) in [5, 5.41) is 24.1. The number of hydrogen-bond donors (Lipinski definition) is 3. The van der Waals surface area contributed by atoms with Crippen molar-refractivity contribution in [3.05, 3.63) is 113 Å². The summed E-state index contributed by atoms with van der Waals surface area (Å²) in [5.41, 5.74) is 3.31. The summed E-state index contributed by atoms with van der Waals surface area (Å²) >= 11 is 6.05. The molecule has 42 heavy (non-hydrogen) atoms. The van der Waals surface area contributed by atoms with Gasteiger partial charge in [0.1, 0.15) is 6.61 Å². The standard InChI is InChI=1S/C33H37ClN2O6/c1-2-19-40-32(38)35-28-13-7-25(8-14-28)31-41-29(20-30(42-31)24-5-3-23(22-37)4-6-24)21-36-17-15-33(39,16-18-36)26-9-11-27(34)12-10-26/h2-14,29-31,37,39H,1,15-22H2,(H,35,38)/t29-,30+,31+/m0/s1. The van der Waals surface area contributed by atoms with Crippen LogP contribution in [-0.4, -0.2) is 53.6 Å². The smallest absolute Gasteiger partial charge is 0.411 e. The number of aliphatic hydroxyl groups is 2. The first-order valence-electron chi connectivity index (χ1n) is 14.2. The number of halogens is 1. The number of ether oxygens (including phenoxy) is 3. The molecule has 1 amide bonds. The molecule has 3 aromatic rings. The van der Waals surface area contributed by atoms with Gasteiger partial charge in [-0.1, -0.05) is 72.8 Å². The molecule has 222 valence electrons. The van der Waals surface area contributed by atoms with Crippen molar-refractivity contribution in [1.82, 2.24) is 4.90 Å². The Bertz CT molecular complexity index is 1320. The van der Waals surface area contributed by atoms with Crippen LogP contribution < -0.4 is 5.32 Å². The van der Waals surface area contributed by atoms with E-state index in [1.54, 1.807) is 12.1 Å². The molecular weight excluding hydrogens is 556 g/mol. The molecule has 0 bridgehead atoms. The number of piperidine rings is 1. The quantitative estimate of drug-likeness (QED) is 0.258. The fourth-order valence-electron chi connectivity index (χ4n) is 5.49. The number of amides is 1. The number of carbonyl (C=O) groups excluding carboxylic acids is 1. The molecule has 2 heterocycles. The van der Waals surface area contributed by atoms with Gasteiger partial charge in [0.15, 0.2) is 6.29 Å². The predicted octanol–water partition coefficient (Wildman–Crippen LogP) is 6.10. The number of benzene rings is 3. The van der Waals surface area contributed by atoms with Gasteiger partial charge in [0.2, 0.25) is 0 Å². The van der Waals surface area contributed by atoms with Gasteiger partial charge < -0.3 is 29.3 Å². The molecule has 3 atom stereocenters. The van der Waals surface area contributed by atoms with E-state index in [0.29, 0.717) is 36.5 Å². The van der Waals surface area contributed by atoms with Crippen LogP contribution in [0.25, 0.3) is 0 Å². The largest absolute Gasteiger partial charge is 0.445 e. The predicted molar refractivity (Wildman–Crippen MR) is 161 cm³/mol. The molecule has 3 N–H and O–H groups in total. The van der Waals surface area contributed by atoms with Crippen LogP contribution in [0.15, 0.2) is 85.5 Å². The molecule has 0 aliphatic carbocycles. The van der Waals surface area contributed by atoms with Crippen LogP contribution in [-0.2, 0) is 26.4 Å². The maximum absolute atomic E-state index is 11.9. The van der Waals surface area contributed by atoms with E-state index in [1.807, 2.05) is 60.7 Å². The van der Waals surface area contributed by atoms with Gasteiger partial charge in [-0.2, -0.15) is 0 Å². The van der Waals surface area contributed by atoms with Gasteiger partial charge in [0.05, 0.1) is 24.4 Å².